The first-order valence-corrected chi connectivity index (χ1v) is 8.46. The van der Waals surface area contributed by atoms with Gasteiger partial charge in [-0.15, -0.1) is 0 Å². The fourth-order valence-corrected chi connectivity index (χ4v) is 4.07. The number of esters is 1. The van der Waals surface area contributed by atoms with Crippen LogP contribution in [0.15, 0.2) is 54.6 Å². The second-order valence-corrected chi connectivity index (χ2v) is 6.76. The molecule has 1 aliphatic heterocycles. The van der Waals surface area contributed by atoms with Gasteiger partial charge in [-0.25, -0.2) is 4.79 Å². The second-order valence-electron chi connectivity index (χ2n) is 6.32. The highest BCUT2D eigenvalue weighted by Crippen LogP contribution is 2.50. The van der Waals surface area contributed by atoms with E-state index >= 15 is 0 Å². The molecule has 3 unspecified atom stereocenters. The van der Waals surface area contributed by atoms with Gasteiger partial charge in [-0.05, 0) is 53.8 Å². The lowest BCUT2D eigenvalue weighted by molar-refractivity contribution is 0.0600. The molecule has 1 aliphatic carbocycles. The fraction of sp³-hybridized carbons (Fsp3) is 0.250. The Labute approximate surface area is 146 Å². The van der Waals surface area contributed by atoms with Gasteiger partial charge >= 0.3 is 5.97 Å². The molecule has 24 heavy (non-hydrogen) atoms. The molecule has 0 spiro atoms. The van der Waals surface area contributed by atoms with Crippen LogP contribution in [0.5, 0.6) is 0 Å². The van der Waals surface area contributed by atoms with Gasteiger partial charge < -0.3 is 10.1 Å². The number of ether oxygens (including phenoxy) is 1. The van der Waals surface area contributed by atoms with Gasteiger partial charge in [0.15, 0.2) is 0 Å². The molecule has 122 valence electrons. The average molecular weight is 340 g/mol. The molecule has 3 atom stereocenters. The third-order valence-corrected chi connectivity index (χ3v) is 5.23. The Balaban J connectivity index is 1.76. The van der Waals surface area contributed by atoms with E-state index in [0.717, 1.165) is 22.7 Å². The van der Waals surface area contributed by atoms with Crippen LogP contribution in [0.1, 0.15) is 39.9 Å². The van der Waals surface area contributed by atoms with Crippen molar-refractivity contribution < 1.29 is 9.53 Å². The topological polar surface area (TPSA) is 38.3 Å². The Kier molecular flexibility index (Phi) is 3.81. The maximum Gasteiger partial charge on any atom is 0.337 e. The molecule has 0 amide bonds. The minimum absolute atomic E-state index is 0.208. The van der Waals surface area contributed by atoms with Crippen molar-refractivity contribution >= 4 is 23.3 Å². The van der Waals surface area contributed by atoms with Crippen LogP contribution in [-0.2, 0) is 4.74 Å². The Morgan fingerprint density at radius 3 is 2.92 bits per heavy atom. The number of hydrogen-bond acceptors (Lipinski definition) is 3. The van der Waals surface area contributed by atoms with E-state index in [4.69, 9.17) is 16.3 Å². The number of benzene rings is 2. The smallest absolute Gasteiger partial charge is 0.337 e. The molecule has 0 radical (unpaired) electrons. The molecular formula is C20H18ClNO2. The van der Waals surface area contributed by atoms with Gasteiger partial charge in [0.2, 0.25) is 0 Å². The number of anilines is 1. The first-order valence-electron chi connectivity index (χ1n) is 8.08. The first-order chi connectivity index (χ1) is 11.7. The second kappa shape index (κ2) is 5.99. The maximum absolute atomic E-state index is 11.8. The van der Waals surface area contributed by atoms with Crippen molar-refractivity contribution in [2.24, 2.45) is 5.92 Å². The van der Waals surface area contributed by atoms with Gasteiger partial charge in [0.05, 0.1) is 18.7 Å². The van der Waals surface area contributed by atoms with Gasteiger partial charge in [0.1, 0.15) is 0 Å². The summed E-state index contributed by atoms with van der Waals surface area (Å²) in [5.74, 6) is 0.423. The first kappa shape index (κ1) is 15.3. The van der Waals surface area contributed by atoms with Crippen LogP contribution in [0.2, 0.25) is 5.02 Å². The number of hydrogen-bond donors (Lipinski definition) is 1. The largest absolute Gasteiger partial charge is 0.465 e. The molecule has 0 saturated carbocycles. The summed E-state index contributed by atoms with van der Waals surface area (Å²) in [6.07, 6.45) is 5.49. The molecular weight excluding hydrogens is 322 g/mol. The predicted molar refractivity (Wildman–Crippen MR) is 95.6 cm³/mol. The van der Waals surface area contributed by atoms with Crippen molar-refractivity contribution in [1.82, 2.24) is 0 Å². The van der Waals surface area contributed by atoms with Crippen molar-refractivity contribution in [3.63, 3.8) is 0 Å². The average Bonchev–Trinajstić information content (AvgIpc) is 3.10. The molecule has 2 aromatic rings. The molecule has 0 fully saturated rings. The van der Waals surface area contributed by atoms with Gasteiger partial charge in [0, 0.05) is 16.6 Å². The van der Waals surface area contributed by atoms with Crippen LogP contribution in [0.4, 0.5) is 5.69 Å². The van der Waals surface area contributed by atoms with Crippen molar-refractivity contribution in [3.8, 4) is 0 Å². The zero-order valence-corrected chi connectivity index (χ0v) is 14.1. The molecule has 2 aromatic carbocycles. The number of carbonyl (C=O) groups excluding carboxylic acids is 1. The van der Waals surface area contributed by atoms with E-state index in [1.165, 1.54) is 12.7 Å². The molecule has 0 aromatic heterocycles. The highest BCUT2D eigenvalue weighted by Gasteiger charge is 2.38. The molecule has 3 nitrogen and oxygen atoms in total. The SMILES string of the molecule is COC(=O)c1ccc2c(c1)C1C=CCC1C(c1cccc(Cl)c1)N2. The number of fused-ring (bicyclic) bond motifs is 3. The number of rotatable bonds is 2. The highest BCUT2D eigenvalue weighted by atomic mass is 35.5. The molecule has 1 N–H and O–H groups in total. The quantitative estimate of drug-likeness (QED) is 0.621. The summed E-state index contributed by atoms with van der Waals surface area (Å²) < 4.78 is 4.85. The zero-order valence-electron chi connectivity index (χ0n) is 13.3. The summed E-state index contributed by atoms with van der Waals surface area (Å²) in [6, 6.07) is 14.0. The predicted octanol–water partition coefficient (Wildman–Crippen LogP) is 4.95. The number of carbonyl (C=O) groups is 1. The summed E-state index contributed by atoms with van der Waals surface area (Å²) in [4.78, 5) is 11.8. The van der Waals surface area contributed by atoms with Gasteiger partial charge in [-0.1, -0.05) is 35.9 Å². The third-order valence-electron chi connectivity index (χ3n) is 4.99. The van der Waals surface area contributed by atoms with Crippen LogP contribution in [0.3, 0.4) is 0 Å². The lowest BCUT2D eigenvalue weighted by Gasteiger charge is -2.37. The van der Waals surface area contributed by atoms with Crippen LogP contribution >= 0.6 is 11.6 Å². The molecule has 2 aliphatic rings. The molecule has 4 rings (SSSR count). The lowest BCUT2D eigenvalue weighted by Crippen LogP contribution is -2.29. The van der Waals surface area contributed by atoms with Gasteiger partial charge in [0.25, 0.3) is 0 Å². The van der Waals surface area contributed by atoms with Crippen LogP contribution < -0.4 is 5.32 Å². The monoisotopic (exact) mass is 339 g/mol. The Morgan fingerprint density at radius 2 is 2.12 bits per heavy atom. The normalized spacial score (nSPS) is 24.0. The van der Waals surface area contributed by atoms with E-state index < -0.39 is 0 Å². The number of allylic oxidation sites excluding steroid dienone is 2. The van der Waals surface area contributed by atoms with E-state index in [2.05, 4.69) is 23.5 Å². The summed E-state index contributed by atoms with van der Waals surface area (Å²) in [7, 11) is 1.41. The minimum Gasteiger partial charge on any atom is -0.465 e. The minimum atomic E-state index is -0.298. The van der Waals surface area contributed by atoms with Crippen molar-refractivity contribution in [3.05, 3.63) is 76.3 Å². The van der Waals surface area contributed by atoms with E-state index in [1.54, 1.807) is 0 Å². The summed E-state index contributed by atoms with van der Waals surface area (Å²) in [5.41, 5.74) is 4.03. The van der Waals surface area contributed by atoms with Crippen molar-refractivity contribution in [2.75, 3.05) is 12.4 Å². The van der Waals surface area contributed by atoms with E-state index in [0.29, 0.717) is 17.4 Å². The Hall–Kier alpha value is -2.26. The van der Waals surface area contributed by atoms with Gasteiger partial charge in [-0.2, -0.15) is 0 Å². The molecule has 4 heteroatoms. The maximum atomic E-state index is 11.8. The van der Waals surface area contributed by atoms with Crippen LogP contribution in [0, 0.1) is 5.92 Å². The number of methoxy groups -OCH3 is 1. The summed E-state index contributed by atoms with van der Waals surface area (Å²) in [5, 5.41) is 4.40. The van der Waals surface area contributed by atoms with E-state index in [-0.39, 0.29) is 12.0 Å². The Bertz CT molecular complexity index is 830. The lowest BCUT2D eigenvalue weighted by atomic mass is 9.76. The zero-order chi connectivity index (χ0) is 16.7. The summed E-state index contributed by atoms with van der Waals surface area (Å²) in [6.45, 7) is 0. The molecule has 0 bridgehead atoms. The van der Waals surface area contributed by atoms with E-state index in [1.807, 2.05) is 36.4 Å². The van der Waals surface area contributed by atoms with Gasteiger partial charge in [-0.3, -0.25) is 0 Å². The van der Waals surface area contributed by atoms with Crippen LogP contribution in [0.25, 0.3) is 0 Å². The van der Waals surface area contributed by atoms with Crippen LogP contribution in [-0.4, -0.2) is 13.1 Å². The summed E-state index contributed by atoms with van der Waals surface area (Å²) >= 11 is 6.18. The highest BCUT2D eigenvalue weighted by molar-refractivity contribution is 6.30. The van der Waals surface area contributed by atoms with E-state index in [9.17, 15) is 4.79 Å². The molecule has 0 saturated heterocycles. The number of nitrogens with one attached hydrogen (secondary N) is 1. The van der Waals surface area contributed by atoms with Crippen molar-refractivity contribution in [1.29, 1.82) is 0 Å². The Morgan fingerprint density at radius 1 is 1.25 bits per heavy atom. The molecule has 1 heterocycles. The van der Waals surface area contributed by atoms with Crippen molar-refractivity contribution in [2.45, 2.75) is 18.4 Å². The standard InChI is InChI=1S/C20H18ClNO2/c1-24-20(23)13-8-9-18-17(11-13)15-6-3-7-16(15)19(22-18)12-4-2-5-14(21)10-12/h2-6,8-11,15-16,19,22H,7H2,1H3. The fourth-order valence-electron chi connectivity index (χ4n) is 3.87. The third kappa shape index (κ3) is 2.49. The number of halogens is 1.